The SMILES string of the molecule is Cc1ccc(CC(=O)c2cccnc2)nc1. The van der Waals surface area contributed by atoms with Gasteiger partial charge >= 0.3 is 0 Å². The molecule has 0 aliphatic carbocycles. The third-order valence-electron chi connectivity index (χ3n) is 2.30. The van der Waals surface area contributed by atoms with Gasteiger partial charge in [0.2, 0.25) is 0 Å². The van der Waals surface area contributed by atoms with Crippen LogP contribution in [0.1, 0.15) is 21.6 Å². The summed E-state index contributed by atoms with van der Waals surface area (Å²) in [5.41, 5.74) is 2.52. The largest absolute Gasteiger partial charge is 0.294 e. The van der Waals surface area contributed by atoms with Gasteiger partial charge in [0.1, 0.15) is 0 Å². The van der Waals surface area contributed by atoms with Crippen molar-refractivity contribution in [2.45, 2.75) is 13.3 Å². The Hall–Kier alpha value is -2.03. The fourth-order valence-electron chi connectivity index (χ4n) is 1.40. The van der Waals surface area contributed by atoms with E-state index in [1.165, 1.54) is 0 Å². The van der Waals surface area contributed by atoms with E-state index in [4.69, 9.17) is 0 Å². The highest BCUT2D eigenvalue weighted by molar-refractivity contribution is 5.96. The molecule has 3 nitrogen and oxygen atoms in total. The summed E-state index contributed by atoms with van der Waals surface area (Å²) in [5.74, 6) is 0.0458. The van der Waals surface area contributed by atoms with Gasteiger partial charge in [-0.25, -0.2) is 0 Å². The zero-order chi connectivity index (χ0) is 11.4. The van der Waals surface area contributed by atoms with Crippen molar-refractivity contribution in [3.8, 4) is 0 Å². The standard InChI is InChI=1S/C13H12N2O/c1-10-4-5-12(15-8-10)7-13(16)11-3-2-6-14-9-11/h2-6,8-9H,7H2,1H3. The van der Waals surface area contributed by atoms with Crippen LogP contribution in [0.15, 0.2) is 42.9 Å². The second kappa shape index (κ2) is 4.66. The summed E-state index contributed by atoms with van der Waals surface area (Å²) in [6.45, 7) is 1.97. The molecular formula is C13H12N2O. The molecule has 16 heavy (non-hydrogen) atoms. The molecule has 0 saturated carbocycles. The molecule has 0 spiro atoms. The average Bonchev–Trinajstić information content (AvgIpc) is 2.33. The van der Waals surface area contributed by atoms with E-state index >= 15 is 0 Å². The Morgan fingerprint density at radius 1 is 1.25 bits per heavy atom. The van der Waals surface area contributed by atoms with Crippen LogP contribution in [-0.2, 0) is 6.42 Å². The van der Waals surface area contributed by atoms with Gasteiger partial charge in [0, 0.05) is 29.8 Å². The van der Waals surface area contributed by atoms with Crippen LogP contribution in [0.25, 0.3) is 0 Å². The van der Waals surface area contributed by atoms with Crippen molar-refractivity contribution in [2.75, 3.05) is 0 Å². The summed E-state index contributed by atoms with van der Waals surface area (Å²) in [4.78, 5) is 19.9. The highest BCUT2D eigenvalue weighted by atomic mass is 16.1. The lowest BCUT2D eigenvalue weighted by molar-refractivity contribution is 0.0991. The van der Waals surface area contributed by atoms with Crippen LogP contribution in [0.4, 0.5) is 0 Å². The summed E-state index contributed by atoms with van der Waals surface area (Å²) in [6, 6.07) is 7.36. The molecule has 0 aliphatic heterocycles. The summed E-state index contributed by atoms with van der Waals surface area (Å²) < 4.78 is 0. The molecule has 0 amide bonds. The Kier molecular flexibility index (Phi) is 3.05. The molecule has 0 atom stereocenters. The van der Waals surface area contributed by atoms with Crippen molar-refractivity contribution in [2.24, 2.45) is 0 Å². The molecule has 2 rings (SSSR count). The summed E-state index contributed by atoms with van der Waals surface area (Å²) in [5, 5.41) is 0. The smallest absolute Gasteiger partial charge is 0.170 e. The van der Waals surface area contributed by atoms with E-state index in [0.717, 1.165) is 11.3 Å². The van der Waals surface area contributed by atoms with Gasteiger partial charge in [0.05, 0.1) is 6.42 Å². The first-order chi connectivity index (χ1) is 7.75. The second-order valence-corrected chi connectivity index (χ2v) is 3.67. The normalized spacial score (nSPS) is 10.1. The van der Waals surface area contributed by atoms with Crippen molar-refractivity contribution >= 4 is 5.78 Å². The number of rotatable bonds is 3. The van der Waals surface area contributed by atoms with E-state index in [-0.39, 0.29) is 5.78 Å². The predicted octanol–water partition coefficient (Wildman–Crippen LogP) is 2.21. The summed E-state index contributed by atoms with van der Waals surface area (Å²) in [6.07, 6.45) is 5.33. The van der Waals surface area contributed by atoms with E-state index in [1.807, 2.05) is 19.1 Å². The van der Waals surface area contributed by atoms with Gasteiger partial charge in [-0.15, -0.1) is 0 Å². The molecule has 0 fully saturated rings. The number of carbonyl (C=O) groups excluding carboxylic acids is 1. The molecule has 2 aromatic heterocycles. The second-order valence-electron chi connectivity index (χ2n) is 3.67. The van der Waals surface area contributed by atoms with E-state index < -0.39 is 0 Å². The Bertz CT molecular complexity index is 477. The third kappa shape index (κ3) is 2.51. The van der Waals surface area contributed by atoms with Gasteiger partial charge in [0.25, 0.3) is 0 Å². The quantitative estimate of drug-likeness (QED) is 0.732. The average molecular weight is 212 g/mol. The Morgan fingerprint density at radius 2 is 2.12 bits per heavy atom. The van der Waals surface area contributed by atoms with E-state index in [0.29, 0.717) is 12.0 Å². The highest BCUT2D eigenvalue weighted by Crippen LogP contribution is 2.05. The first kappa shape index (κ1) is 10.5. The van der Waals surface area contributed by atoms with E-state index in [2.05, 4.69) is 9.97 Å². The third-order valence-corrected chi connectivity index (χ3v) is 2.30. The van der Waals surface area contributed by atoms with Gasteiger partial charge in [-0.05, 0) is 30.7 Å². The molecule has 0 bridgehead atoms. The van der Waals surface area contributed by atoms with Crippen LogP contribution in [-0.4, -0.2) is 15.8 Å². The number of hydrogen-bond donors (Lipinski definition) is 0. The van der Waals surface area contributed by atoms with Crippen molar-refractivity contribution in [1.29, 1.82) is 0 Å². The minimum Gasteiger partial charge on any atom is -0.294 e. The number of pyridine rings is 2. The number of Topliss-reactive ketones (excluding diaryl/α,β-unsaturated/α-hetero) is 1. The molecule has 2 heterocycles. The van der Waals surface area contributed by atoms with E-state index in [9.17, 15) is 4.79 Å². The molecule has 0 radical (unpaired) electrons. The fourth-order valence-corrected chi connectivity index (χ4v) is 1.40. The lowest BCUT2D eigenvalue weighted by atomic mass is 10.1. The predicted molar refractivity (Wildman–Crippen MR) is 61.2 cm³/mol. The summed E-state index contributed by atoms with van der Waals surface area (Å²) in [7, 11) is 0. The van der Waals surface area contributed by atoms with Crippen LogP contribution >= 0.6 is 0 Å². The number of nitrogens with zero attached hydrogens (tertiary/aromatic N) is 2. The Balaban J connectivity index is 2.11. The van der Waals surface area contributed by atoms with Gasteiger partial charge in [0.15, 0.2) is 5.78 Å². The molecule has 80 valence electrons. The first-order valence-corrected chi connectivity index (χ1v) is 5.10. The van der Waals surface area contributed by atoms with Crippen LogP contribution in [0.2, 0.25) is 0 Å². The van der Waals surface area contributed by atoms with Crippen molar-refractivity contribution in [1.82, 2.24) is 9.97 Å². The van der Waals surface area contributed by atoms with Crippen molar-refractivity contribution in [3.05, 3.63) is 59.7 Å². The molecule has 0 saturated heterocycles. The fraction of sp³-hybridized carbons (Fsp3) is 0.154. The number of hydrogen-bond acceptors (Lipinski definition) is 3. The first-order valence-electron chi connectivity index (χ1n) is 5.10. The zero-order valence-corrected chi connectivity index (χ0v) is 9.05. The number of ketones is 1. The minimum atomic E-state index is 0.0458. The van der Waals surface area contributed by atoms with Gasteiger partial charge in [-0.1, -0.05) is 6.07 Å². The molecule has 0 unspecified atom stereocenters. The van der Waals surface area contributed by atoms with Crippen LogP contribution in [0.3, 0.4) is 0 Å². The number of aryl methyl sites for hydroxylation is 1. The number of aromatic nitrogens is 2. The Morgan fingerprint density at radius 3 is 2.75 bits per heavy atom. The maximum absolute atomic E-state index is 11.8. The molecule has 3 heteroatoms. The zero-order valence-electron chi connectivity index (χ0n) is 9.05. The van der Waals surface area contributed by atoms with Crippen molar-refractivity contribution in [3.63, 3.8) is 0 Å². The molecule has 2 aromatic rings. The van der Waals surface area contributed by atoms with Crippen LogP contribution in [0.5, 0.6) is 0 Å². The van der Waals surface area contributed by atoms with Gasteiger partial charge in [-0.2, -0.15) is 0 Å². The van der Waals surface area contributed by atoms with E-state index in [1.54, 1.807) is 30.7 Å². The molecule has 0 N–H and O–H groups in total. The van der Waals surface area contributed by atoms with Crippen LogP contribution in [0, 0.1) is 6.92 Å². The Labute approximate surface area is 94.2 Å². The van der Waals surface area contributed by atoms with Crippen LogP contribution < -0.4 is 0 Å². The summed E-state index contributed by atoms with van der Waals surface area (Å²) >= 11 is 0. The van der Waals surface area contributed by atoms with Gasteiger partial charge in [-0.3, -0.25) is 14.8 Å². The minimum absolute atomic E-state index is 0.0458. The maximum atomic E-state index is 11.8. The van der Waals surface area contributed by atoms with Crippen molar-refractivity contribution < 1.29 is 4.79 Å². The molecular weight excluding hydrogens is 200 g/mol. The maximum Gasteiger partial charge on any atom is 0.170 e. The number of carbonyl (C=O) groups is 1. The highest BCUT2D eigenvalue weighted by Gasteiger charge is 2.07. The lowest BCUT2D eigenvalue weighted by Crippen LogP contribution is -2.05. The molecule has 0 aliphatic rings. The topological polar surface area (TPSA) is 42.9 Å². The van der Waals surface area contributed by atoms with Gasteiger partial charge < -0.3 is 0 Å². The lowest BCUT2D eigenvalue weighted by Gasteiger charge is -2.00. The molecule has 0 aromatic carbocycles. The monoisotopic (exact) mass is 212 g/mol.